The van der Waals surface area contributed by atoms with E-state index in [1.807, 2.05) is 0 Å². The summed E-state index contributed by atoms with van der Waals surface area (Å²) in [6.45, 7) is 0.195. The van der Waals surface area contributed by atoms with Crippen molar-refractivity contribution in [3.05, 3.63) is 70.8 Å². The van der Waals surface area contributed by atoms with Crippen LogP contribution in [0.4, 0.5) is 0 Å². The summed E-state index contributed by atoms with van der Waals surface area (Å²) in [4.78, 5) is 37.3. The van der Waals surface area contributed by atoms with E-state index in [2.05, 4.69) is 5.32 Å². The zero-order valence-electron chi connectivity index (χ0n) is 12.0. The predicted molar refractivity (Wildman–Crippen MR) is 80.5 cm³/mol. The van der Waals surface area contributed by atoms with Crippen molar-refractivity contribution in [2.75, 3.05) is 7.05 Å². The third kappa shape index (κ3) is 2.26. The van der Waals surface area contributed by atoms with E-state index in [9.17, 15) is 14.4 Å². The van der Waals surface area contributed by atoms with Gasteiger partial charge in [-0.25, -0.2) is 0 Å². The van der Waals surface area contributed by atoms with Gasteiger partial charge in [-0.15, -0.1) is 0 Å². The number of benzene rings is 2. The van der Waals surface area contributed by atoms with Crippen LogP contribution in [0.25, 0.3) is 0 Å². The number of carbonyl (C=O) groups is 3. The number of fused-ring (bicyclic) bond motifs is 1. The van der Waals surface area contributed by atoms with Gasteiger partial charge in [-0.3, -0.25) is 19.3 Å². The van der Waals surface area contributed by atoms with E-state index in [0.717, 1.165) is 5.56 Å². The maximum atomic E-state index is 12.3. The summed E-state index contributed by atoms with van der Waals surface area (Å²) in [5, 5.41) is 2.54. The molecule has 1 aliphatic heterocycles. The Hall–Kier alpha value is -2.95. The molecule has 0 spiro atoms. The molecule has 0 bridgehead atoms. The second-order valence-corrected chi connectivity index (χ2v) is 5.02. The van der Waals surface area contributed by atoms with Crippen LogP contribution in [0.5, 0.6) is 0 Å². The molecule has 0 radical (unpaired) electrons. The van der Waals surface area contributed by atoms with E-state index in [4.69, 9.17) is 0 Å². The van der Waals surface area contributed by atoms with Crippen molar-refractivity contribution in [2.24, 2.45) is 0 Å². The van der Waals surface area contributed by atoms with Gasteiger partial charge in [-0.1, -0.05) is 24.3 Å². The minimum atomic E-state index is -0.282. The van der Waals surface area contributed by atoms with E-state index in [-0.39, 0.29) is 24.3 Å². The summed E-state index contributed by atoms with van der Waals surface area (Å²) in [5.41, 5.74) is 2.21. The molecule has 1 aliphatic rings. The molecule has 22 heavy (non-hydrogen) atoms. The van der Waals surface area contributed by atoms with Crippen LogP contribution in [0.2, 0.25) is 0 Å². The van der Waals surface area contributed by atoms with Crippen molar-refractivity contribution in [3.8, 4) is 0 Å². The number of nitrogens with one attached hydrogen (secondary N) is 1. The fourth-order valence-corrected chi connectivity index (χ4v) is 2.47. The van der Waals surface area contributed by atoms with Gasteiger partial charge in [-0.2, -0.15) is 0 Å². The molecule has 0 saturated carbocycles. The van der Waals surface area contributed by atoms with Gasteiger partial charge < -0.3 is 5.32 Å². The number of amides is 3. The molecule has 2 aromatic carbocycles. The molecule has 3 amide bonds. The highest BCUT2D eigenvalue weighted by Gasteiger charge is 2.34. The van der Waals surface area contributed by atoms with Gasteiger partial charge in [0.15, 0.2) is 0 Å². The lowest BCUT2D eigenvalue weighted by Gasteiger charge is -2.14. The SMILES string of the molecule is CNC(=O)c1ccc(CN2C(=O)c3ccccc3C2=O)cc1. The van der Waals surface area contributed by atoms with Crippen LogP contribution < -0.4 is 5.32 Å². The molecule has 0 atom stereocenters. The van der Waals surface area contributed by atoms with Gasteiger partial charge in [0.05, 0.1) is 17.7 Å². The first kappa shape index (κ1) is 14.0. The molecule has 1 N–H and O–H groups in total. The molecule has 5 nitrogen and oxygen atoms in total. The van der Waals surface area contributed by atoms with Gasteiger partial charge >= 0.3 is 0 Å². The van der Waals surface area contributed by atoms with Crippen LogP contribution in [0.15, 0.2) is 48.5 Å². The van der Waals surface area contributed by atoms with Crippen molar-refractivity contribution >= 4 is 17.7 Å². The van der Waals surface area contributed by atoms with Crippen LogP contribution in [0, 0.1) is 0 Å². The highest BCUT2D eigenvalue weighted by molar-refractivity contribution is 6.21. The summed E-state index contributed by atoms with van der Waals surface area (Å²) in [5.74, 6) is -0.737. The number of nitrogens with zero attached hydrogens (tertiary/aromatic N) is 1. The van der Waals surface area contributed by atoms with Gasteiger partial charge in [0, 0.05) is 12.6 Å². The average molecular weight is 294 g/mol. The fraction of sp³-hybridized carbons (Fsp3) is 0.118. The Kier molecular flexibility index (Phi) is 3.47. The Morgan fingerprint density at radius 1 is 0.955 bits per heavy atom. The van der Waals surface area contributed by atoms with Crippen molar-refractivity contribution < 1.29 is 14.4 Å². The smallest absolute Gasteiger partial charge is 0.261 e. The number of rotatable bonds is 3. The Morgan fingerprint density at radius 3 is 2.00 bits per heavy atom. The van der Waals surface area contributed by atoms with E-state index in [0.29, 0.717) is 16.7 Å². The number of carbonyl (C=O) groups excluding carboxylic acids is 3. The Morgan fingerprint density at radius 2 is 1.50 bits per heavy atom. The molecule has 0 aromatic heterocycles. The summed E-state index contributed by atoms with van der Waals surface area (Å²) in [6, 6.07) is 13.6. The third-order valence-corrected chi connectivity index (χ3v) is 3.66. The van der Waals surface area contributed by atoms with Crippen LogP contribution in [-0.4, -0.2) is 29.7 Å². The lowest BCUT2D eigenvalue weighted by atomic mass is 10.1. The standard InChI is InChI=1S/C17H14N2O3/c1-18-15(20)12-8-6-11(7-9-12)10-19-16(21)13-4-2-3-5-14(13)17(19)22/h2-9H,10H2,1H3,(H,18,20). The molecule has 110 valence electrons. The molecule has 2 aromatic rings. The molecule has 5 heteroatoms. The van der Waals surface area contributed by atoms with E-state index in [1.165, 1.54) is 4.90 Å². The molecule has 3 rings (SSSR count). The maximum absolute atomic E-state index is 12.3. The molecule has 0 unspecified atom stereocenters. The first-order chi connectivity index (χ1) is 10.6. The summed E-state index contributed by atoms with van der Waals surface area (Å²) >= 11 is 0. The third-order valence-electron chi connectivity index (χ3n) is 3.66. The Balaban J connectivity index is 1.81. The van der Waals surface area contributed by atoms with Crippen LogP contribution in [-0.2, 0) is 6.54 Å². The first-order valence-electron chi connectivity index (χ1n) is 6.88. The number of hydrogen-bond donors (Lipinski definition) is 1. The van der Waals surface area contributed by atoms with Gasteiger partial charge in [-0.05, 0) is 29.8 Å². The quantitative estimate of drug-likeness (QED) is 0.878. The van der Waals surface area contributed by atoms with Crippen molar-refractivity contribution in [1.82, 2.24) is 10.2 Å². The monoisotopic (exact) mass is 294 g/mol. The second-order valence-electron chi connectivity index (χ2n) is 5.02. The van der Waals surface area contributed by atoms with Crippen LogP contribution in [0.3, 0.4) is 0 Å². The van der Waals surface area contributed by atoms with Gasteiger partial charge in [0.25, 0.3) is 17.7 Å². The largest absolute Gasteiger partial charge is 0.355 e. The van der Waals surface area contributed by atoms with Gasteiger partial charge in [0.1, 0.15) is 0 Å². The lowest BCUT2D eigenvalue weighted by Crippen LogP contribution is -2.29. The van der Waals surface area contributed by atoms with Crippen molar-refractivity contribution in [1.29, 1.82) is 0 Å². The van der Waals surface area contributed by atoms with Crippen LogP contribution in [0.1, 0.15) is 36.6 Å². The Bertz CT molecular complexity index is 731. The van der Waals surface area contributed by atoms with Crippen molar-refractivity contribution in [3.63, 3.8) is 0 Å². The zero-order valence-corrected chi connectivity index (χ0v) is 12.0. The maximum Gasteiger partial charge on any atom is 0.261 e. The molecule has 0 saturated heterocycles. The highest BCUT2D eigenvalue weighted by Crippen LogP contribution is 2.24. The number of imide groups is 1. The summed E-state index contributed by atoms with van der Waals surface area (Å²) in [6.07, 6.45) is 0. The summed E-state index contributed by atoms with van der Waals surface area (Å²) in [7, 11) is 1.56. The first-order valence-corrected chi connectivity index (χ1v) is 6.88. The predicted octanol–water partition coefficient (Wildman–Crippen LogP) is 1.84. The second kappa shape index (κ2) is 5.44. The van der Waals surface area contributed by atoms with E-state index < -0.39 is 0 Å². The Labute approximate surface area is 127 Å². The minimum absolute atomic E-state index is 0.174. The van der Waals surface area contributed by atoms with Crippen molar-refractivity contribution in [2.45, 2.75) is 6.54 Å². The van der Waals surface area contributed by atoms with E-state index in [1.54, 1.807) is 55.6 Å². The zero-order chi connectivity index (χ0) is 15.7. The minimum Gasteiger partial charge on any atom is -0.355 e. The van der Waals surface area contributed by atoms with Gasteiger partial charge in [0.2, 0.25) is 0 Å². The summed E-state index contributed by atoms with van der Waals surface area (Å²) < 4.78 is 0. The molecule has 0 aliphatic carbocycles. The average Bonchev–Trinajstić information content (AvgIpc) is 2.80. The molecule has 0 fully saturated rings. The number of hydrogen-bond acceptors (Lipinski definition) is 3. The molecular weight excluding hydrogens is 280 g/mol. The lowest BCUT2D eigenvalue weighted by molar-refractivity contribution is 0.0642. The van der Waals surface area contributed by atoms with Crippen LogP contribution >= 0.6 is 0 Å². The normalized spacial score (nSPS) is 13.2. The topological polar surface area (TPSA) is 66.5 Å². The highest BCUT2D eigenvalue weighted by atomic mass is 16.2. The van der Waals surface area contributed by atoms with E-state index >= 15 is 0 Å². The molecule has 1 heterocycles. The molecular formula is C17H14N2O3. The fourth-order valence-electron chi connectivity index (χ4n) is 2.47.